The van der Waals surface area contributed by atoms with Crippen molar-refractivity contribution in [2.24, 2.45) is 0 Å². The number of carbonyl (C=O) groups is 1. The van der Waals surface area contributed by atoms with Gasteiger partial charge in [0.05, 0.1) is 24.7 Å². The molecule has 0 radical (unpaired) electrons. The van der Waals surface area contributed by atoms with Crippen molar-refractivity contribution in [2.75, 3.05) is 6.54 Å². The van der Waals surface area contributed by atoms with Crippen LogP contribution < -0.4 is 0 Å². The average molecular weight is 315 g/mol. The molecule has 3 heterocycles. The number of carbonyl (C=O) groups excluding carboxylic acids is 1. The van der Waals surface area contributed by atoms with E-state index < -0.39 is 0 Å². The minimum atomic E-state index is -0.160. The molecule has 5 heteroatoms. The van der Waals surface area contributed by atoms with Gasteiger partial charge in [-0.15, -0.1) is 0 Å². The molecule has 0 bridgehead atoms. The summed E-state index contributed by atoms with van der Waals surface area (Å²) in [5.74, 6) is 1.75. The lowest BCUT2D eigenvalue weighted by atomic mass is 9.99. The number of aryl methyl sites for hydroxylation is 3. The van der Waals surface area contributed by atoms with Crippen molar-refractivity contribution in [1.82, 2.24) is 14.7 Å². The zero-order valence-corrected chi connectivity index (χ0v) is 14.4. The smallest absolute Gasteiger partial charge is 0.230 e. The van der Waals surface area contributed by atoms with Gasteiger partial charge in [-0.05, 0) is 52.2 Å². The first kappa shape index (κ1) is 15.8. The molecule has 23 heavy (non-hydrogen) atoms. The molecule has 124 valence electrons. The van der Waals surface area contributed by atoms with Crippen LogP contribution in [0.1, 0.15) is 48.3 Å². The molecular formula is C18H25N3O2. The van der Waals surface area contributed by atoms with Crippen molar-refractivity contribution in [1.29, 1.82) is 0 Å². The van der Waals surface area contributed by atoms with Crippen LogP contribution in [0.4, 0.5) is 0 Å². The van der Waals surface area contributed by atoms with Crippen molar-refractivity contribution in [3.8, 4) is 0 Å². The number of hydrogen-bond donors (Lipinski definition) is 0. The molecule has 2 atom stereocenters. The van der Waals surface area contributed by atoms with E-state index in [0.29, 0.717) is 0 Å². The molecule has 0 spiro atoms. The fourth-order valence-electron chi connectivity index (χ4n) is 3.56. The number of rotatable bonds is 4. The Labute approximate surface area is 137 Å². The highest BCUT2D eigenvalue weighted by atomic mass is 16.3. The van der Waals surface area contributed by atoms with Crippen LogP contribution in [0.15, 0.2) is 22.9 Å². The van der Waals surface area contributed by atoms with Crippen LogP contribution in [0.2, 0.25) is 0 Å². The Hall–Kier alpha value is -2.04. The second kappa shape index (κ2) is 6.22. The second-order valence-electron chi connectivity index (χ2n) is 6.66. The number of nitrogens with zero attached hydrogens (tertiary/aromatic N) is 3. The summed E-state index contributed by atoms with van der Waals surface area (Å²) in [5.41, 5.74) is 2.16. The molecule has 0 aliphatic carbocycles. The monoisotopic (exact) mass is 315 g/mol. The molecule has 3 rings (SSSR count). The summed E-state index contributed by atoms with van der Waals surface area (Å²) >= 11 is 0. The van der Waals surface area contributed by atoms with E-state index in [2.05, 4.69) is 5.10 Å². The molecule has 2 aromatic heterocycles. The highest BCUT2D eigenvalue weighted by molar-refractivity contribution is 5.84. The molecule has 1 aliphatic rings. The van der Waals surface area contributed by atoms with Crippen molar-refractivity contribution < 1.29 is 9.21 Å². The molecule has 1 aliphatic heterocycles. The third-order valence-electron chi connectivity index (χ3n) is 4.74. The van der Waals surface area contributed by atoms with Gasteiger partial charge in [0.2, 0.25) is 5.91 Å². The van der Waals surface area contributed by atoms with Crippen LogP contribution >= 0.6 is 0 Å². The van der Waals surface area contributed by atoms with Crippen LogP contribution in [0.5, 0.6) is 0 Å². The van der Waals surface area contributed by atoms with Crippen LogP contribution in [0, 0.1) is 20.8 Å². The van der Waals surface area contributed by atoms with Gasteiger partial charge in [0, 0.05) is 18.3 Å². The molecular weight excluding hydrogens is 290 g/mol. The Bertz CT molecular complexity index is 701. The van der Waals surface area contributed by atoms with Gasteiger partial charge in [-0.3, -0.25) is 9.48 Å². The Kier molecular flexibility index (Phi) is 4.28. The van der Waals surface area contributed by atoms with E-state index in [1.165, 1.54) is 0 Å². The summed E-state index contributed by atoms with van der Waals surface area (Å²) in [4.78, 5) is 15.0. The summed E-state index contributed by atoms with van der Waals surface area (Å²) in [6, 6.07) is 2.22. The first-order chi connectivity index (χ1) is 11.0. The minimum absolute atomic E-state index is 0.160. The summed E-state index contributed by atoms with van der Waals surface area (Å²) in [6.45, 7) is 9.48. The van der Waals surface area contributed by atoms with Crippen molar-refractivity contribution in [3.05, 3.63) is 41.1 Å². The highest BCUT2D eigenvalue weighted by Crippen LogP contribution is 2.28. The fourth-order valence-corrected chi connectivity index (χ4v) is 3.56. The van der Waals surface area contributed by atoms with Crippen molar-refractivity contribution in [3.63, 3.8) is 0 Å². The largest absolute Gasteiger partial charge is 0.466 e. The number of aromatic nitrogens is 2. The van der Waals surface area contributed by atoms with Gasteiger partial charge in [0.1, 0.15) is 11.5 Å². The van der Waals surface area contributed by atoms with E-state index in [9.17, 15) is 4.79 Å². The third-order valence-corrected chi connectivity index (χ3v) is 4.74. The van der Waals surface area contributed by atoms with E-state index in [1.54, 1.807) is 0 Å². The lowest BCUT2D eigenvalue weighted by molar-refractivity contribution is -0.133. The average Bonchev–Trinajstić information content (AvgIpc) is 3.19. The minimum Gasteiger partial charge on any atom is -0.466 e. The molecule has 0 unspecified atom stereocenters. The fraction of sp³-hybridized carbons (Fsp3) is 0.556. The summed E-state index contributed by atoms with van der Waals surface area (Å²) in [6.07, 6.45) is 6.00. The maximum Gasteiger partial charge on any atom is 0.230 e. The number of hydrogen-bond acceptors (Lipinski definition) is 3. The van der Waals surface area contributed by atoms with Gasteiger partial charge < -0.3 is 9.32 Å². The zero-order valence-electron chi connectivity index (χ0n) is 14.4. The Balaban J connectivity index is 1.73. The lowest BCUT2D eigenvalue weighted by Crippen LogP contribution is -2.40. The normalized spacial score (nSPS) is 19.3. The maximum atomic E-state index is 13.0. The first-order valence-electron chi connectivity index (χ1n) is 8.32. The van der Waals surface area contributed by atoms with Gasteiger partial charge in [0.25, 0.3) is 0 Å². The van der Waals surface area contributed by atoms with E-state index >= 15 is 0 Å². The van der Waals surface area contributed by atoms with Crippen molar-refractivity contribution >= 4 is 5.91 Å². The Morgan fingerprint density at radius 2 is 2.22 bits per heavy atom. The first-order valence-corrected chi connectivity index (χ1v) is 8.32. The van der Waals surface area contributed by atoms with E-state index in [4.69, 9.17) is 4.42 Å². The molecule has 0 aromatic carbocycles. The molecule has 1 fully saturated rings. The second-order valence-corrected chi connectivity index (χ2v) is 6.66. The van der Waals surface area contributed by atoms with Crippen LogP contribution in [0.25, 0.3) is 0 Å². The maximum absolute atomic E-state index is 13.0. The Morgan fingerprint density at radius 1 is 1.43 bits per heavy atom. The highest BCUT2D eigenvalue weighted by Gasteiger charge is 2.33. The molecule has 1 amide bonds. The predicted octanol–water partition coefficient (Wildman–Crippen LogP) is 3.20. The Morgan fingerprint density at radius 3 is 2.83 bits per heavy atom. The van der Waals surface area contributed by atoms with E-state index in [1.807, 2.05) is 55.7 Å². The lowest BCUT2D eigenvalue weighted by Gasteiger charge is -2.27. The molecule has 1 saturated heterocycles. The predicted molar refractivity (Wildman–Crippen MR) is 88.3 cm³/mol. The molecule has 2 aromatic rings. The van der Waals surface area contributed by atoms with E-state index in [-0.39, 0.29) is 17.9 Å². The summed E-state index contributed by atoms with van der Waals surface area (Å²) in [5, 5.41) is 4.36. The SMILES string of the molecule is Cc1cnn(C[C@H]2CCCN2C(=O)[C@H](C)c2cc(C)oc2C)c1. The topological polar surface area (TPSA) is 51.3 Å². The van der Waals surface area contributed by atoms with Gasteiger partial charge in [0.15, 0.2) is 0 Å². The standard InChI is InChI=1S/C18H25N3O2/c1-12-9-19-20(10-12)11-16-6-5-7-21(16)18(22)14(3)17-8-13(2)23-15(17)4/h8-10,14,16H,5-7,11H2,1-4H3/t14-,16-/m1/s1. The third kappa shape index (κ3) is 3.19. The number of amides is 1. The quantitative estimate of drug-likeness (QED) is 0.870. The zero-order chi connectivity index (χ0) is 16.6. The van der Waals surface area contributed by atoms with Crippen LogP contribution in [-0.2, 0) is 11.3 Å². The van der Waals surface area contributed by atoms with Crippen LogP contribution in [0.3, 0.4) is 0 Å². The molecule has 0 saturated carbocycles. The van der Waals surface area contributed by atoms with Crippen molar-refractivity contribution in [2.45, 2.75) is 59.0 Å². The van der Waals surface area contributed by atoms with E-state index in [0.717, 1.165) is 48.6 Å². The van der Waals surface area contributed by atoms with Gasteiger partial charge in [-0.2, -0.15) is 5.10 Å². The van der Waals surface area contributed by atoms with Gasteiger partial charge in [-0.1, -0.05) is 0 Å². The van der Waals surface area contributed by atoms with Gasteiger partial charge >= 0.3 is 0 Å². The van der Waals surface area contributed by atoms with Crippen LogP contribution in [-0.4, -0.2) is 33.2 Å². The molecule has 0 N–H and O–H groups in total. The molecule has 5 nitrogen and oxygen atoms in total. The van der Waals surface area contributed by atoms with Gasteiger partial charge in [-0.25, -0.2) is 0 Å². The number of likely N-dealkylation sites (tertiary alicyclic amines) is 1. The summed E-state index contributed by atoms with van der Waals surface area (Å²) in [7, 11) is 0. The number of furan rings is 1. The summed E-state index contributed by atoms with van der Waals surface area (Å²) < 4.78 is 7.54.